The Kier molecular flexibility index (Phi) is 8.72. The quantitative estimate of drug-likeness (QED) is 0.352. The summed E-state index contributed by atoms with van der Waals surface area (Å²) in [5.41, 5.74) is 6.12. The van der Waals surface area contributed by atoms with Crippen LogP contribution in [0.15, 0.2) is 42.5 Å². The molecule has 0 aliphatic carbocycles. The van der Waals surface area contributed by atoms with Gasteiger partial charge in [0.25, 0.3) is 0 Å². The van der Waals surface area contributed by atoms with Gasteiger partial charge in [-0.05, 0) is 74.3 Å². The maximum absolute atomic E-state index is 13.2. The average molecular weight is 545 g/mol. The van der Waals surface area contributed by atoms with E-state index in [4.69, 9.17) is 21.4 Å². The van der Waals surface area contributed by atoms with E-state index in [1.165, 1.54) is 43.8 Å². The highest BCUT2D eigenvalue weighted by Gasteiger charge is 2.27. The summed E-state index contributed by atoms with van der Waals surface area (Å²) in [7, 11) is -1.03. The average Bonchev–Trinajstić information content (AvgIpc) is 3.54. The molecule has 2 aromatic carbocycles. The van der Waals surface area contributed by atoms with Gasteiger partial charge in [0.05, 0.1) is 29.9 Å². The van der Waals surface area contributed by atoms with Crippen LogP contribution in [0, 0.1) is 5.82 Å². The van der Waals surface area contributed by atoms with Gasteiger partial charge in [0.1, 0.15) is 5.82 Å². The second kappa shape index (κ2) is 12.2. The number of likely N-dealkylation sites (tertiary alicyclic amines) is 1. The largest absolute Gasteiger partial charge is 0.372 e. The van der Waals surface area contributed by atoms with Crippen LogP contribution in [-0.2, 0) is 48.4 Å². The first-order chi connectivity index (χ1) is 18.0. The number of aryl methyl sites for hydroxylation is 1. The predicted molar refractivity (Wildman–Crippen MR) is 146 cm³/mol. The van der Waals surface area contributed by atoms with E-state index >= 15 is 0 Å². The molecule has 2 aliphatic heterocycles. The van der Waals surface area contributed by atoms with Crippen LogP contribution in [-0.4, -0.2) is 55.6 Å². The number of nitrogens with zero attached hydrogens (tertiary/aromatic N) is 4. The molecule has 37 heavy (non-hydrogen) atoms. The Hall–Kier alpha value is -2.10. The SMILES string of the molecule is CS(=O)N1CCc2c(c(-c3ccc(Cl)c(COCc4ccc(F)cc4)c3)nn2CCCN2CCCC2)C1. The Labute approximate surface area is 225 Å². The van der Waals surface area contributed by atoms with Crippen molar-refractivity contribution in [3.8, 4) is 11.3 Å². The smallest absolute Gasteiger partial charge is 0.123 e. The number of ether oxygens (including phenoxy) is 1. The van der Waals surface area contributed by atoms with Gasteiger partial charge in [-0.3, -0.25) is 4.68 Å². The molecule has 5 rings (SSSR count). The lowest BCUT2D eigenvalue weighted by atomic mass is 10.0. The number of fused-ring (bicyclic) bond motifs is 1. The molecule has 9 heteroatoms. The van der Waals surface area contributed by atoms with Gasteiger partial charge < -0.3 is 9.64 Å². The van der Waals surface area contributed by atoms with Crippen molar-refractivity contribution in [2.24, 2.45) is 0 Å². The number of hydrogen-bond donors (Lipinski definition) is 0. The van der Waals surface area contributed by atoms with Crippen LogP contribution in [0.5, 0.6) is 0 Å². The van der Waals surface area contributed by atoms with Crippen molar-refractivity contribution in [1.29, 1.82) is 0 Å². The second-order valence-corrected chi connectivity index (χ2v) is 11.6. The molecule has 1 fully saturated rings. The van der Waals surface area contributed by atoms with E-state index < -0.39 is 11.0 Å². The summed E-state index contributed by atoms with van der Waals surface area (Å²) >= 11 is 6.52. The van der Waals surface area contributed by atoms with Crippen LogP contribution in [0.2, 0.25) is 5.02 Å². The highest BCUT2D eigenvalue weighted by molar-refractivity contribution is 7.81. The first-order valence-electron chi connectivity index (χ1n) is 13.0. The highest BCUT2D eigenvalue weighted by atomic mass is 35.5. The second-order valence-electron chi connectivity index (χ2n) is 9.86. The van der Waals surface area contributed by atoms with Gasteiger partial charge in [-0.1, -0.05) is 29.8 Å². The fraction of sp³-hybridized carbons (Fsp3) is 0.464. The molecular formula is C28H34ClFN4O2S. The summed E-state index contributed by atoms with van der Waals surface area (Å²) in [4.78, 5) is 2.54. The Morgan fingerprint density at radius 3 is 2.59 bits per heavy atom. The summed E-state index contributed by atoms with van der Waals surface area (Å²) in [5, 5.41) is 5.72. The van der Waals surface area contributed by atoms with E-state index in [9.17, 15) is 8.60 Å². The number of hydrogen-bond acceptors (Lipinski definition) is 4. The fourth-order valence-electron chi connectivity index (χ4n) is 5.24. The zero-order chi connectivity index (χ0) is 25.8. The summed E-state index contributed by atoms with van der Waals surface area (Å²) in [5.74, 6) is -0.260. The van der Waals surface area contributed by atoms with E-state index in [1.807, 2.05) is 22.5 Å². The number of halogens is 2. The molecule has 198 valence electrons. The normalized spacial score (nSPS) is 17.3. The monoisotopic (exact) mass is 544 g/mol. The lowest BCUT2D eigenvalue weighted by molar-refractivity contribution is 0.107. The Morgan fingerprint density at radius 2 is 1.84 bits per heavy atom. The molecule has 3 aromatic rings. The first-order valence-corrected chi connectivity index (χ1v) is 14.9. The molecule has 0 amide bonds. The molecule has 3 heterocycles. The van der Waals surface area contributed by atoms with Crippen LogP contribution in [0.3, 0.4) is 0 Å². The van der Waals surface area contributed by atoms with Crippen molar-refractivity contribution in [1.82, 2.24) is 19.0 Å². The van der Waals surface area contributed by atoms with Crippen LogP contribution in [0.1, 0.15) is 41.6 Å². The van der Waals surface area contributed by atoms with Crippen molar-refractivity contribution in [3.63, 3.8) is 0 Å². The molecule has 1 saturated heterocycles. The lowest BCUT2D eigenvalue weighted by Crippen LogP contribution is -2.32. The van der Waals surface area contributed by atoms with Gasteiger partial charge >= 0.3 is 0 Å². The van der Waals surface area contributed by atoms with Gasteiger partial charge in [-0.25, -0.2) is 12.9 Å². The number of benzene rings is 2. The molecule has 2 aliphatic rings. The van der Waals surface area contributed by atoms with Crippen molar-refractivity contribution in [2.45, 2.75) is 52.0 Å². The molecular weight excluding hydrogens is 511 g/mol. The standard InChI is InChI=1S/C28H34ClFN4O2S/c1-37(35)33-16-11-27-25(18-33)28(31-34(27)15-4-14-32-12-2-3-13-32)22-7-10-26(29)23(17-22)20-36-19-21-5-8-24(30)9-6-21/h5-10,17H,2-4,11-16,18-20H2,1H3. The number of rotatable bonds is 10. The van der Waals surface area contributed by atoms with Crippen LogP contribution >= 0.6 is 11.6 Å². The molecule has 0 radical (unpaired) electrons. The summed E-state index contributed by atoms with van der Waals surface area (Å²) in [6.07, 6.45) is 6.26. The molecule has 0 bridgehead atoms. The molecule has 0 spiro atoms. The zero-order valence-corrected chi connectivity index (χ0v) is 22.9. The van der Waals surface area contributed by atoms with Crippen molar-refractivity contribution in [3.05, 3.63) is 75.7 Å². The van der Waals surface area contributed by atoms with Gasteiger partial charge in [0, 0.05) is 54.2 Å². The molecule has 0 N–H and O–H groups in total. The zero-order valence-electron chi connectivity index (χ0n) is 21.3. The molecule has 1 atom stereocenters. The van der Waals surface area contributed by atoms with Crippen molar-refractivity contribution in [2.75, 3.05) is 32.4 Å². The third-order valence-electron chi connectivity index (χ3n) is 7.26. The Balaban J connectivity index is 1.35. The van der Waals surface area contributed by atoms with E-state index in [-0.39, 0.29) is 5.82 Å². The predicted octanol–water partition coefficient (Wildman–Crippen LogP) is 5.20. The topological polar surface area (TPSA) is 50.6 Å². The van der Waals surface area contributed by atoms with Gasteiger partial charge in [0.15, 0.2) is 0 Å². The Morgan fingerprint density at radius 1 is 1.05 bits per heavy atom. The van der Waals surface area contributed by atoms with Crippen LogP contribution < -0.4 is 0 Å². The molecule has 1 aromatic heterocycles. The highest BCUT2D eigenvalue weighted by Crippen LogP contribution is 2.33. The fourth-order valence-corrected chi connectivity index (χ4v) is 6.08. The third-order valence-corrected chi connectivity index (χ3v) is 8.67. The summed E-state index contributed by atoms with van der Waals surface area (Å²) in [6, 6.07) is 12.3. The van der Waals surface area contributed by atoms with Gasteiger partial charge in [0.2, 0.25) is 0 Å². The van der Waals surface area contributed by atoms with Gasteiger partial charge in [-0.15, -0.1) is 0 Å². The molecule has 1 unspecified atom stereocenters. The summed E-state index contributed by atoms with van der Waals surface area (Å²) < 4.78 is 35.5. The third kappa shape index (κ3) is 6.49. The van der Waals surface area contributed by atoms with Crippen LogP contribution in [0.4, 0.5) is 4.39 Å². The van der Waals surface area contributed by atoms with Crippen LogP contribution in [0.25, 0.3) is 11.3 Å². The number of aromatic nitrogens is 2. The minimum absolute atomic E-state index is 0.260. The van der Waals surface area contributed by atoms with E-state index in [2.05, 4.69) is 9.58 Å². The van der Waals surface area contributed by atoms with Crippen molar-refractivity contribution < 1.29 is 13.3 Å². The van der Waals surface area contributed by atoms with Gasteiger partial charge in [-0.2, -0.15) is 5.10 Å². The molecule has 0 saturated carbocycles. The van der Waals surface area contributed by atoms with E-state index in [1.54, 1.807) is 18.4 Å². The Bertz CT molecular complexity index is 1240. The minimum Gasteiger partial charge on any atom is -0.372 e. The maximum Gasteiger partial charge on any atom is 0.123 e. The van der Waals surface area contributed by atoms with E-state index in [0.717, 1.165) is 60.4 Å². The molecule has 6 nitrogen and oxygen atoms in total. The maximum atomic E-state index is 13.2. The van der Waals surface area contributed by atoms with Crippen molar-refractivity contribution >= 4 is 22.6 Å². The van der Waals surface area contributed by atoms with E-state index in [0.29, 0.717) is 24.8 Å². The lowest BCUT2D eigenvalue weighted by Gasteiger charge is -2.25. The summed E-state index contributed by atoms with van der Waals surface area (Å²) in [6.45, 7) is 6.51. The first kappa shape index (κ1) is 26.5. The minimum atomic E-state index is -1.03.